The standard InChI is InChI=1S/C20H19FN4O3/c1-12-17(5-4-6-18(12)25(27)28)20(26)22-19-13(2)23-24(14(19)3)11-15-7-9-16(21)10-8-15/h4-10H,11H2,1-3H3,(H,22,26). The molecule has 28 heavy (non-hydrogen) atoms. The summed E-state index contributed by atoms with van der Waals surface area (Å²) in [5.74, 6) is -0.744. The molecule has 0 aliphatic carbocycles. The lowest BCUT2D eigenvalue weighted by molar-refractivity contribution is -0.385. The molecule has 8 heteroatoms. The van der Waals surface area contributed by atoms with Crippen LogP contribution in [0.3, 0.4) is 0 Å². The summed E-state index contributed by atoms with van der Waals surface area (Å²) in [6.07, 6.45) is 0. The van der Waals surface area contributed by atoms with Crippen LogP contribution in [0.4, 0.5) is 15.8 Å². The maximum atomic E-state index is 13.1. The molecule has 1 aromatic heterocycles. The Hall–Kier alpha value is -3.55. The number of nitro benzene ring substituents is 1. The van der Waals surface area contributed by atoms with Crippen molar-refractivity contribution in [2.75, 3.05) is 5.32 Å². The molecule has 0 bridgehead atoms. The minimum atomic E-state index is -0.511. The second kappa shape index (κ2) is 7.59. The molecule has 3 aromatic rings. The SMILES string of the molecule is Cc1nn(Cc2ccc(F)cc2)c(C)c1NC(=O)c1cccc([N+](=O)[O-])c1C. The predicted molar refractivity (Wildman–Crippen MR) is 103 cm³/mol. The van der Waals surface area contributed by atoms with Gasteiger partial charge < -0.3 is 5.32 Å². The molecular weight excluding hydrogens is 363 g/mol. The van der Waals surface area contributed by atoms with Gasteiger partial charge in [-0.2, -0.15) is 5.10 Å². The molecule has 144 valence electrons. The van der Waals surface area contributed by atoms with Gasteiger partial charge in [-0.3, -0.25) is 19.6 Å². The lowest BCUT2D eigenvalue weighted by atomic mass is 10.1. The van der Waals surface area contributed by atoms with E-state index in [-0.39, 0.29) is 17.1 Å². The van der Waals surface area contributed by atoms with E-state index >= 15 is 0 Å². The second-order valence-corrected chi connectivity index (χ2v) is 6.49. The van der Waals surface area contributed by atoms with Gasteiger partial charge in [0, 0.05) is 17.2 Å². The molecule has 0 unspecified atom stereocenters. The van der Waals surface area contributed by atoms with Gasteiger partial charge >= 0.3 is 0 Å². The van der Waals surface area contributed by atoms with Gasteiger partial charge in [0.25, 0.3) is 11.6 Å². The summed E-state index contributed by atoms with van der Waals surface area (Å²) in [5, 5.41) is 18.4. The van der Waals surface area contributed by atoms with E-state index in [1.54, 1.807) is 36.7 Å². The predicted octanol–water partition coefficient (Wildman–Crippen LogP) is 4.16. The van der Waals surface area contributed by atoms with Gasteiger partial charge in [-0.1, -0.05) is 18.2 Å². The van der Waals surface area contributed by atoms with E-state index in [0.717, 1.165) is 11.3 Å². The molecule has 0 saturated heterocycles. The van der Waals surface area contributed by atoms with Crippen molar-refractivity contribution in [2.45, 2.75) is 27.3 Å². The summed E-state index contributed by atoms with van der Waals surface area (Å²) < 4.78 is 14.8. The number of nitro groups is 1. The molecule has 1 amide bonds. The van der Waals surface area contributed by atoms with Gasteiger partial charge in [-0.05, 0) is 44.5 Å². The van der Waals surface area contributed by atoms with Gasteiger partial charge in [0.15, 0.2) is 0 Å². The fourth-order valence-corrected chi connectivity index (χ4v) is 3.04. The van der Waals surface area contributed by atoms with Crippen molar-refractivity contribution < 1.29 is 14.1 Å². The van der Waals surface area contributed by atoms with Crippen LogP contribution < -0.4 is 5.32 Å². The smallest absolute Gasteiger partial charge is 0.273 e. The number of anilines is 1. The van der Waals surface area contributed by atoms with Crippen LogP contribution in [0, 0.1) is 36.7 Å². The molecule has 1 N–H and O–H groups in total. The minimum absolute atomic E-state index is 0.104. The summed E-state index contributed by atoms with van der Waals surface area (Å²) in [6.45, 7) is 5.56. The highest BCUT2D eigenvalue weighted by atomic mass is 19.1. The first-order valence-electron chi connectivity index (χ1n) is 8.61. The molecule has 0 saturated carbocycles. The molecule has 1 heterocycles. The normalized spacial score (nSPS) is 10.7. The number of aryl methyl sites for hydroxylation is 1. The van der Waals surface area contributed by atoms with E-state index in [0.29, 0.717) is 23.5 Å². The highest BCUT2D eigenvalue weighted by Gasteiger charge is 2.20. The van der Waals surface area contributed by atoms with E-state index in [9.17, 15) is 19.3 Å². The molecule has 0 radical (unpaired) electrons. The number of amides is 1. The number of hydrogen-bond acceptors (Lipinski definition) is 4. The van der Waals surface area contributed by atoms with Crippen LogP contribution in [0.1, 0.15) is 32.9 Å². The van der Waals surface area contributed by atoms with E-state index in [4.69, 9.17) is 0 Å². The van der Waals surface area contributed by atoms with Gasteiger partial charge in [-0.25, -0.2) is 4.39 Å². The molecule has 0 spiro atoms. The van der Waals surface area contributed by atoms with Crippen LogP contribution in [-0.2, 0) is 6.54 Å². The Kier molecular flexibility index (Phi) is 5.21. The number of nitrogens with zero attached hydrogens (tertiary/aromatic N) is 3. The topological polar surface area (TPSA) is 90.1 Å². The van der Waals surface area contributed by atoms with Crippen molar-refractivity contribution in [2.24, 2.45) is 0 Å². The summed E-state index contributed by atoms with van der Waals surface area (Å²) in [6, 6.07) is 10.5. The first kappa shape index (κ1) is 19.2. The van der Waals surface area contributed by atoms with Gasteiger partial charge in [0.1, 0.15) is 5.82 Å². The van der Waals surface area contributed by atoms with Crippen LogP contribution in [-0.4, -0.2) is 20.6 Å². The number of carbonyl (C=O) groups excluding carboxylic acids is 1. The van der Waals surface area contributed by atoms with Crippen LogP contribution in [0.5, 0.6) is 0 Å². The fourth-order valence-electron chi connectivity index (χ4n) is 3.04. The van der Waals surface area contributed by atoms with Crippen molar-refractivity contribution >= 4 is 17.3 Å². The van der Waals surface area contributed by atoms with Gasteiger partial charge in [0.05, 0.1) is 28.5 Å². The number of aromatic nitrogens is 2. The molecule has 2 aromatic carbocycles. The van der Waals surface area contributed by atoms with Gasteiger partial charge in [-0.15, -0.1) is 0 Å². The summed E-state index contributed by atoms with van der Waals surface area (Å²) >= 11 is 0. The van der Waals surface area contributed by atoms with E-state index in [1.807, 2.05) is 6.92 Å². The Morgan fingerprint density at radius 3 is 2.50 bits per heavy atom. The fraction of sp³-hybridized carbons (Fsp3) is 0.200. The Balaban J connectivity index is 1.86. The van der Waals surface area contributed by atoms with Crippen molar-refractivity contribution in [3.63, 3.8) is 0 Å². The largest absolute Gasteiger partial charge is 0.319 e. The molecular formula is C20H19FN4O3. The molecule has 0 fully saturated rings. The van der Waals surface area contributed by atoms with Crippen molar-refractivity contribution in [3.8, 4) is 0 Å². The number of hydrogen-bond donors (Lipinski definition) is 1. The Labute approximate surface area is 161 Å². The zero-order chi connectivity index (χ0) is 20.4. The maximum absolute atomic E-state index is 13.1. The lowest BCUT2D eigenvalue weighted by Gasteiger charge is -2.09. The van der Waals surface area contributed by atoms with Crippen molar-refractivity contribution in [1.82, 2.24) is 9.78 Å². The Bertz CT molecular complexity index is 1060. The second-order valence-electron chi connectivity index (χ2n) is 6.49. The van der Waals surface area contributed by atoms with Crippen molar-refractivity contribution in [1.29, 1.82) is 0 Å². The average Bonchev–Trinajstić information content (AvgIpc) is 2.91. The van der Waals surface area contributed by atoms with E-state index in [2.05, 4.69) is 10.4 Å². The third-order valence-electron chi connectivity index (χ3n) is 4.61. The zero-order valence-electron chi connectivity index (χ0n) is 15.7. The number of carbonyl (C=O) groups is 1. The first-order chi connectivity index (χ1) is 13.3. The third-order valence-corrected chi connectivity index (χ3v) is 4.61. The molecule has 0 aliphatic heterocycles. The highest BCUT2D eigenvalue weighted by Crippen LogP contribution is 2.25. The number of rotatable bonds is 5. The van der Waals surface area contributed by atoms with Crippen LogP contribution in [0.25, 0.3) is 0 Å². The maximum Gasteiger partial charge on any atom is 0.273 e. The number of nitrogens with one attached hydrogen (secondary N) is 1. The van der Waals surface area contributed by atoms with Gasteiger partial charge in [0.2, 0.25) is 0 Å². The zero-order valence-corrected chi connectivity index (χ0v) is 15.7. The first-order valence-corrected chi connectivity index (χ1v) is 8.61. The highest BCUT2D eigenvalue weighted by molar-refractivity contribution is 6.06. The van der Waals surface area contributed by atoms with Crippen LogP contribution in [0.2, 0.25) is 0 Å². The number of halogens is 1. The quantitative estimate of drug-likeness (QED) is 0.530. The Morgan fingerprint density at radius 2 is 1.86 bits per heavy atom. The Morgan fingerprint density at radius 1 is 1.18 bits per heavy atom. The average molecular weight is 382 g/mol. The molecule has 3 rings (SSSR count). The summed E-state index contributed by atoms with van der Waals surface area (Å²) in [7, 11) is 0. The molecule has 0 atom stereocenters. The summed E-state index contributed by atoms with van der Waals surface area (Å²) in [4.78, 5) is 23.3. The minimum Gasteiger partial charge on any atom is -0.319 e. The van der Waals surface area contributed by atoms with Crippen LogP contribution in [0.15, 0.2) is 42.5 Å². The van der Waals surface area contributed by atoms with E-state index < -0.39 is 10.8 Å². The third kappa shape index (κ3) is 3.75. The van der Waals surface area contributed by atoms with E-state index in [1.165, 1.54) is 24.3 Å². The molecule has 7 nitrogen and oxygen atoms in total. The molecule has 0 aliphatic rings. The monoisotopic (exact) mass is 382 g/mol. The van der Waals surface area contributed by atoms with Crippen molar-refractivity contribution in [3.05, 3.63) is 86.5 Å². The number of benzene rings is 2. The van der Waals surface area contributed by atoms with Crippen LogP contribution >= 0.6 is 0 Å². The summed E-state index contributed by atoms with van der Waals surface area (Å²) in [5.41, 5.74) is 3.22. The lowest BCUT2D eigenvalue weighted by Crippen LogP contribution is -2.15.